The molecule has 1 aromatic rings. The Hall–Kier alpha value is -0.380. The van der Waals surface area contributed by atoms with Gasteiger partial charge in [-0.05, 0) is 43.0 Å². The summed E-state index contributed by atoms with van der Waals surface area (Å²) in [7, 11) is 0. The molecule has 0 radical (unpaired) electrons. The van der Waals surface area contributed by atoms with Gasteiger partial charge in [0.25, 0.3) is 0 Å². The molecule has 1 aliphatic heterocycles. The van der Waals surface area contributed by atoms with E-state index in [0.29, 0.717) is 11.8 Å². The smallest absolute Gasteiger partial charge is 0.0876 e. The number of nitrogens with one attached hydrogen (secondary N) is 1. The molecule has 2 rings (SSSR count). The van der Waals surface area contributed by atoms with Gasteiger partial charge in [0.05, 0.1) is 6.10 Å². The van der Waals surface area contributed by atoms with Crippen molar-refractivity contribution in [2.45, 2.75) is 33.3 Å². The SMILES string of the molecule is Cc1ccc(C2OCCC2CNCC(C)C)c(Br)c1. The predicted octanol–water partition coefficient (Wildman–Crippen LogP) is 4.08. The zero-order valence-corrected chi connectivity index (χ0v) is 13.7. The van der Waals surface area contributed by atoms with E-state index in [1.807, 2.05) is 0 Å². The molecule has 19 heavy (non-hydrogen) atoms. The average Bonchev–Trinajstić information content (AvgIpc) is 2.77. The summed E-state index contributed by atoms with van der Waals surface area (Å²) in [5, 5.41) is 3.56. The van der Waals surface area contributed by atoms with E-state index in [4.69, 9.17) is 4.74 Å². The Balaban J connectivity index is 2.01. The van der Waals surface area contributed by atoms with Crippen LogP contribution in [0.25, 0.3) is 0 Å². The molecule has 0 amide bonds. The fourth-order valence-corrected chi connectivity index (χ4v) is 3.33. The molecule has 0 saturated carbocycles. The van der Waals surface area contributed by atoms with Crippen LogP contribution in [-0.2, 0) is 4.74 Å². The predicted molar refractivity (Wildman–Crippen MR) is 83.4 cm³/mol. The zero-order valence-electron chi connectivity index (χ0n) is 12.1. The number of rotatable bonds is 5. The molecule has 106 valence electrons. The molecular formula is C16H24BrNO. The molecule has 2 nitrogen and oxygen atoms in total. The van der Waals surface area contributed by atoms with E-state index in [2.05, 4.69) is 60.2 Å². The highest BCUT2D eigenvalue weighted by Crippen LogP contribution is 2.37. The van der Waals surface area contributed by atoms with Gasteiger partial charge in [-0.25, -0.2) is 0 Å². The second kappa shape index (κ2) is 6.87. The number of hydrogen-bond donors (Lipinski definition) is 1. The Morgan fingerprint density at radius 2 is 2.21 bits per heavy atom. The Bertz CT molecular complexity index is 419. The fraction of sp³-hybridized carbons (Fsp3) is 0.625. The largest absolute Gasteiger partial charge is 0.373 e. The first kappa shape index (κ1) is 15.0. The van der Waals surface area contributed by atoms with Crippen molar-refractivity contribution < 1.29 is 4.74 Å². The summed E-state index contributed by atoms with van der Waals surface area (Å²) in [6.07, 6.45) is 1.38. The van der Waals surface area contributed by atoms with Crippen LogP contribution in [-0.4, -0.2) is 19.7 Å². The van der Waals surface area contributed by atoms with Gasteiger partial charge in [-0.15, -0.1) is 0 Å². The van der Waals surface area contributed by atoms with Crippen molar-refractivity contribution in [2.24, 2.45) is 11.8 Å². The molecule has 1 N–H and O–H groups in total. The van der Waals surface area contributed by atoms with Gasteiger partial charge in [0.15, 0.2) is 0 Å². The first-order valence-electron chi connectivity index (χ1n) is 7.16. The van der Waals surface area contributed by atoms with E-state index < -0.39 is 0 Å². The third kappa shape index (κ3) is 4.04. The van der Waals surface area contributed by atoms with E-state index in [1.165, 1.54) is 15.6 Å². The summed E-state index contributed by atoms with van der Waals surface area (Å²) in [5.74, 6) is 1.28. The highest BCUT2D eigenvalue weighted by atomic mass is 79.9. The number of aryl methyl sites for hydroxylation is 1. The van der Waals surface area contributed by atoms with Crippen molar-refractivity contribution in [3.63, 3.8) is 0 Å². The lowest BCUT2D eigenvalue weighted by Crippen LogP contribution is -2.28. The topological polar surface area (TPSA) is 21.3 Å². The monoisotopic (exact) mass is 325 g/mol. The van der Waals surface area contributed by atoms with Crippen LogP contribution >= 0.6 is 15.9 Å². The highest BCUT2D eigenvalue weighted by Gasteiger charge is 2.30. The van der Waals surface area contributed by atoms with Gasteiger partial charge in [0.1, 0.15) is 0 Å². The van der Waals surface area contributed by atoms with Gasteiger partial charge in [-0.1, -0.05) is 41.9 Å². The van der Waals surface area contributed by atoms with E-state index in [9.17, 15) is 0 Å². The lowest BCUT2D eigenvalue weighted by Gasteiger charge is -2.21. The van der Waals surface area contributed by atoms with Gasteiger partial charge in [0, 0.05) is 23.5 Å². The maximum absolute atomic E-state index is 5.96. The van der Waals surface area contributed by atoms with E-state index in [-0.39, 0.29) is 6.10 Å². The zero-order chi connectivity index (χ0) is 13.8. The Kier molecular flexibility index (Phi) is 5.43. The van der Waals surface area contributed by atoms with Crippen LogP contribution in [0.5, 0.6) is 0 Å². The molecular weight excluding hydrogens is 302 g/mol. The third-order valence-corrected chi connectivity index (χ3v) is 4.32. The van der Waals surface area contributed by atoms with Crippen molar-refractivity contribution in [3.05, 3.63) is 33.8 Å². The Morgan fingerprint density at radius 3 is 2.89 bits per heavy atom. The number of hydrogen-bond acceptors (Lipinski definition) is 2. The van der Waals surface area contributed by atoms with Gasteiger partial charge < -0.3 is 10.1 Å². The van der Waals surface area contributed by atoms with Crippen LogP contribution in [0.4, 0.5) is 0 Å². The lowest BCUT2D eigenvalue weighted by molar-refractivity contribution is 0.0898. The normalized spacial score (nSPS) is 23.2. The lowest BCUT2D eigenvalue weighted by atomic mass is 9.94. The Morgan fingerprint density at radius 1 is 1.42 bits per heavy atom. The molecule has 0 spiro atoms. The standard InChI is InChI=1S/C16H24BrNO/c1-11(2)9-18-10-13-6-7-19-16(13)14-5-4-12(3)8-15(14)17/h4-5,8,11,13,16,18H,6-7,9-10H2,1-3H3. The van der Waals surface area contributed by atoms with Crippen LogP contribution in [0.2, 0.25) is 0 Å². The van der Waals surface area contributed by atoms with Crippen molar-refractivity contribution >= 4 is 15.9 Å². The van der Waals surface area contributed by atoms with Crippen molar-refractivity contribution in [1.82, 2.24) is 5.32 Å². The van der Waals surface area contributed by atoms with Crippen LogP contribution in [0, 0.1) is 18.8 Å². The fourth-order valence-electron chi connectivity index (χ4n) is 2.61. The molecule has 0 aromatic heterocycles. The maximum atomic E-state index is 5.96. The van der Waals surface area contributed by atoms with Gasteiger partial charge >= 0.3 is 0 Å². The summed E-state index contributed by atoms with van der Waals surface area (Å²) < 4.78 is 7.13. The summed E-state index contributed by atoms with van der Waals surface area (Å²) in [5.41, 5.74) is 2.57. The van der Waals surface area contributed by atoms with E-state index in [1.54, 1.807) is 0 Å². The number of benzene rings is 1. The number of ether oxygens (including phenoxy) is 1. The van der Waals surface area contributed by atoms with Crippen molar-refractivity contribution in [2.75, 3.05) is 19.7 Å². The summed E-state index contributed by atoms with van der Waals surface area (Å²) >= 11 is 3.68. The van der Waals surface area contributed by atoms with Crippen LogP contribution in [0.15, 0.2) is 22.7 Å². The quantitative estimate of drug-likeness (QED) is 0.880. The van der Waals surface area contributed by atoms with Gasteiger partial charge in [-0.3, -0.25) is 0 Å². The summed E-state index contributed by atoms with van der Waals surface area (Å²) in [6, 6.07) is 6.54. The minimum Gasteiger partial charge on any atom is -0.373 e. The minimum absolute atomic E-state index is 0.231. The van der Waals surface area contributed by atoms with Crippen molar-refractivity contribution in [1.29, 1.82) is 0 Å². The molecule has 1 aliphatic rings. The first-order chi connectivity index (χ1) is 9.08. The van der Waals surface area contributed by atoms with Crippen LogP contribution in [0.1, 0.15) is 37.5 Å². The second-order valence-electron chi connectivity index (χ2n) is 5.92. The van der Waals surface area contributed by atoms with E-state index in [0.717, 1.165) is 26.1 Å². The van der Waals surface area contributed by atoms with E-state index >= 15 is 0 Å². The molecule has 3 heteroatoms. The molecule has 1 saturated heterocycles. The molecule has 2 atom stereocenters. The average molecular weight is 326 g/mol. The summed E-state index contributed by atoms with van der Waals surface area (Å²) in [6.45, 7) is 9.60. The Labute approximate surface area is 125 Å². The van der Waals surface area contributed by atoms with Crippen LogP contribution < -0.4 is 5.32 Å². The third-order valence-electron chi connectivity index (χ3n) is 3.64. The van der Waals surface area contributed by atoms with Gasteiger partial charge in [-0.2, -0.15) is 0 Å². The van der Waals surface area contributed by atoms with Crippen molar-refractivity contribution in [3.8, 4) is 0 Å². The molecule has 0 aliphatic carbocycles. The highest BCUT2D eigenvalue weighted by molar-refractivity contribution is 9.10. The first-order valence-corrected chi connectivity index (χ1v) is 7.95. The van der Waals surface area contributed by atoms with Gasteiger partial charge in [0.2, 0.25) is 0 Å². The molecule has 1 aromatic carbocycles. The number of halogens is 1. The second-order valence-corrected chi connectivity index (χ2v) is 6.77. The summed E-state index contributed by atoms with van der Waals surface area (Å²) in [4.78, 5) is 0. The minimum atomic E-state index is 0.231. The maximum Gasteiger partial charge on any atom is 0.0876 e. The molecule has 1 heterocycles. The molecule has 2 unspecified atom stereocenters. The molecule has 1 fully saturated rings. The molecule has 0 bridgehead atoms. The van der Waals surface area contributed by atoms with Crippen LogP contribution in [0.3, 0.4) is 0 Å².